The maximum absolute atomic E-state index is 11.3. The topological polar surface area (TPSA) is 39.2 Å². The molecule has 0 aromatic carbocycles. The molecule has 0 atom stereocenters. The summed E-state index contributed by atoms with van der Waals surface area (Å²) in [5, 5.41) is 0.300. The first kappa shape index (κ1) is 9.99. The predicted molar refractivity (Wildman–Crippen MR) is 49.9 cm³/mol. The second kappa shape index (κ2) is 4.23. The molecule has 0 unspecified atom stereocenters. The van der Waals surface area contributed by atoms with Gasteiger partial charge in [-0.2, -0.15) is 0 Å². The van der Waals surface area contributed by atoms with Gasteiger partial charge in [-0.1, -0.05) is 11.6 Å². The van der Waals surface area contributed by atoms with Crippen molar-refractivity contribution < 1.29 is 9.53 Å². The highest BCUT2D eigenvalue weighted by molar-refractivity contribution is 6.29. The van der Waals surface area contributed by atoms with Gasteiger partial charge in [0.2, 0.25) is 0 Å². The lowest BCUT2D eigenvalue weighted by Gasteiger charge is -2.04. The molecule has 4 heteroatoms. The number of aromatic nitrogens is 1. The van der Waals surface area contributed by atoms with Crippen molar-refractivity contribution in [1.29, 1.82) is 0 Å². The molecule has 0 aliphatic heterocycles. The summed E-state index contributed by atoms with van der Waals surface area (Å²) >= 11 is 5.64. The molecule has 0 aliphatic rings. The van der Waals surface area contributed by atoms with Gasteiger partial charge in [0.15, 0.2) is 0 Å². The van der Waals surface area contributed by atoms with E-state index < -0.39 is 0 Å². The fourth-order valence-corrected chi connectivity index (χ4v) is 1.08. The van der Waals surface area contributed by atoms with Gasteiger partial charge >= 0.3 is 5.97 Å². The second-order valence-corrected chi connectivity index (χ2v) is 2.93. The summed E-state index contributed by atoms with van der Waals surface area (Å²) in [7, 11) is 0. The van der Waals surface area contributed by atoms with Crippen LogP contribution >= 0.6 is 11.6 Å². The van der Waals surface area contributed by atoms with Crippen LogP contribution in [0.25, 0.3) is 0 Å². The molecule has 0 saturated carbocycles. The number of nitrogens with zero attached hydrogens (tertiary/aromatic N) is 1. The monoisotopic (exact) mass is 199 g/mol. The smallest absolute Gasteiger partial charge is 0.338 e. The molecule has 0 aliphatic carbocycles. The molecule has 1 rings (SSSR count). The van der Waals surface area contributed by atoms with E-state index >= 15 is 0 Å². The molecule has 0 spiro atoms. The van der Waals surface area contributed by atoms with Crippen molar-refractivity contribution in [3.63, 3.8) is 0 Å². The zero-order chi connectivity index (χ0) is 9.84. The van der Waals surface area contributed by atoms with E-state index in [0.717, 1.165) is 5.56 Å². The molecule has 1 aromatic rings. The van der Waals surface area contributed by atoms with Crippen molar-refractivity contribution in [3.05, 3.63) is 28.5 Å². The maximum atomic E-state index is 11.3. The number of pyridine rings is 1. The third-order valence-electron chi connectivity index (χ3n) is 1.57. The van der Waals surface area contributed by atoms with Crippen LogP contribution in [0.1, 0.15) is 22.8 Å². The van der Waals surface area contributed by atoms with Crippen LogP contribution < -0.4 is 0 Å². The second-order valence-electron chi connectivity index (χ2n) is 2.54. The van der Waals surface area contributed by atoms with Crippen molar-refractivity contribution in [2.45, 2.75) is 13.8 Å². The Morgan fingerprint density at radius 3 is 3.00 bits per heavy atom. The lowest BCUT2D eigenvalue weighted by molar-refractivity contribution is 0.0525. The first-order valence-corrected chi connectivity index (χ1v) is 4.32. The molecule has 0 radical (unpaired) electrons. The summed E-state index contributed by atoms with van der Waals surface area (Å²) in [6, 6.07) is 1.51. The Morgan fingerprint density at radius 1 is 1.69 bits per heavy atom. The van der Waals surface area contributed by atoms with E-state index in [1.165, 1.54) is 6.07 Å². The standard InChI is InChI=1S/C9H10ClNO2/c1-3-13-9(12)7-4-8(10)11-5-6(7)2/h4-5H,3H2,1-2H3. The maximum Gasteiger partial charge on any atom is 0.338 e. The largest absolute Gasteiger partial charge is 0.462 e. The number of carbonyl (C=O) groups is 1. The first-order chi connectivity index (χ1) is 6.15. The van der Waals surface area contributed by atoms with Crippen LogP contribution in [-0.2, 0) is 4.74 Å². The molecule has 1 aromatic heterocycles. The van der Waals surface area contributed by atoms with Crippen molar-refractivity contribution >= 4 is 17.6 Å². The summed E-state index contributed by atoms with van der Waals surface area (Å²) in [6.07, 6.45) is 1.55. The fourth-order valence-electron chi connectivity index (χ4n) is 0.927. The van der Waals surface area contributed by atoms with Crippen molar-refractivity contribution in [2.24, 2.45) is 0 Å². The van der Waals surface area contributed by atoms with E-state index in [9.17, 15) is 4.79 Å². The number of ether oxygens (including phenoxy) is 1. The number of rotatable bonds is 2. The lowest BCUT2D eigenvalue weighted by Crippen LogP contribution is -2.06. The summed E-state index contributed by atoms with van der Waals surface area (Å²) in [5.74, 6) is -0.357. The van der Waals surface area contributed by atoms with Gasteiger partial charge in [-0.25, -0.2) is 9.78 Å². The molecule has 0 bridgehead atoms. The molecule has 3 nitrogen and oxygen atoms in total. The Bertz CT molecular complexity index is 325. The zero-order valence-corrected chi connectivity index (χ0v) is 8.26. The van der Waals surface area contributed by atoms with Crippen LogP contribution in [0.5, 0.6) is 0 Å². The van der Waals surface area contributed by atoms with Crippen LogP contribution in [0.15, 0.2) is 12.3 Å². The van der Waals surface area contributed by atoms with Gasteiger partial charge in [0.25, 0.3) is 0 Å². The normalized spacial score (nSPS) is 9.77. The van der Waals surface area contributed by atoms with Gasteiger partial charge < -0.3 is 4.74 Å². The van der Waals surface area contributed by atoms with Crippen LogP contribution in [0.4, 0.5) is 0 Å². The quantitative estimate of drug-likeness (QED) is 0.542. The number of aryl methyl sites for hydroxylation is 1. The zero-order valence-electron chi connectivity index (χ0n) is 7.50. The molecule has 0 N–H and O–H groups in total. The Labute approximate surface area is 81.7 Å². The highest BCUT2D eigenvalue weighted by atomic mass is 35.5. The van der Waals surface area contributed by atoms with Crippen LogP contribution in [-0.4, -0.2) is 17.6 Å². The summed E-state index contributed by atoms with van der Waals surface area (Å²) in [6.45, 7) is 3.91. The minimum atomic E-state index is -0.357. The lowest BCUT2D eigenvalue weighted by atomic mass is 10.2. The first-order valence-electron chi connectivity index (χ1n) is 3.94. The number of hydrogen-bond donors (Lipinski definition) is 0. The van der Waals surface area contributed by atoms with E-state index in [4.69, 9.17) is 16.3 Å². The SMILES string of the molecule is CCOC(=O)c1cc(Cl)ncc1C. The number of halogens is 1. The third-order valence-corrected chi connectivity index (χ3v) is 1.77. The fraction of sp³-hybridized carbons (Fsp3) is 0.333. The van der Waals surface area contributed by atoms with Gasteiger partial charge in [0.05, 0.1) is 12.2 Å². The van der Waals surface area contributed by atoms with Crippen molar-refractivity contribution in [1.82, 2.24) is 4.98 Å². The Morgan fingerprint density at radius 2 is 2.38 bits per heavy atom. The molecular formula is C9H10ClNO2. The summed E-state index contributed by atoms with van der Waals surface area (Å²) in [4.78, 5) is 15.1. The summed E-state index contributed by atoms with van der Waals surface area (Å²) in [5.41, 5.74) is 1.24. The van der Waals surface area contributed by atoms with Gasteiger partial charge in [-0.05, 0) is 25.5 Å². The van der Waals surface area contributed by atoms with E-state index in [2.05, 4.69) is 4.98 Å². The van der Waals surface area contributed by atoms with E-state index in [1.807, 2.05) is 0 Å². The number of esters is 1. The highest BCUT2D eigenvalue weighted by Crippen LogP contribution is 2.13. The van der Waals surface area contributed by atoms with E-state index in [-0.39, 0.29) is 5.97 Å². The molecule has 0 fully saturated rings. The predicted octanol–water partition coefficient (Wildman–Crippen LogP) is 2.22. The summed E-state index contributed by atoms with van der Waals surface area (Å²) < 4.78 is 4.84. The molecule has 0 saturated heterocycles. The molecule has 0 amide bonds. The average molecular weight is 200 g/mol. The Balaban J connectivity index is 2.99. The van der Waals surface area contributed by atoms with Crippen LogP contribution in [0.3, 0.4) is 0 Å². The minimum Gasteiger partial charge on any atom is -0.462 e. The molecule has 13 heavy (non-hydrogen) atoms. The van der Waals surface area contributed by atoms with Gasteiger partial charge in [0.1, 0.15) is 5.15 Å². The van der Waals surface area contributed by atoms with E-state index in [0.29, 0.717) is 17.3 Å². The Kier molecular flexibility index (Phi) is 3.25. The van der Waals surface area contributed by atoms with Crippen LogP contribution in [0.2, 0.25) is 5.15 Å². The van der Waals surface area contributed by atoms with Gasteiger partial charge in [-0.15, -0.1) is 0 Å². The third kappa shape index (κ3) is 2.42. The van der Waals surface area contributed by atoms with Crippen molar-refractivity contribution in [3.8, 4) is 0 Å². The average Bonchev–Trinajstić information content (AvgIpc) is 2.09. The van der Waals surface area contributed by atoms with Crippen LogP contribution in [0, 0.1) is 6.92 Å². The van der Waals surface area contributed by atoms with E-state index in [1.54, 1.807) is 20.0 Å². The van der Waals surface area contributed by atoms with Gasteiger partial charge in [0, 0.05) is 6.20 Å². The Hall–Kier alpha value is -1.09. The molecule has 70 valence electrons. The van der Waals surface area contributed by atoms with Crippen molar-refractivity contribution in [2.75, 3.05) is 6.61 Å². The number of hydrogen-bond acceptors (Lipinski definition) is 3. The van der Waals surface area contributed by atoms with Gasteiger partial charge in [-0.3, -0.25) is 0 Å². The molecular weight excluding hydrogens is 190 g/mol. The highest BCUT2D eigenvalue weighted by Gasteiger charge is 2.10. The number of carbonyl (C=O) groups excluding carboxylic acids is 1. The minimum absolute atomic E-state index is 0.300. The molecule has 1 heterocycles.